The highest BCUT2D eigenvalue weighted by atomic mass is 35.5. The van der Waals surface area contributed by atoms with Gasteiger partial charge in [0.2, 0.25) is 5.91 Å². The zero-order valence-corrected chi connectivity index (χ0v) is 18.4. The van der Waals surface area contributed by atoms with Crippen LogP contribution in [-0.2, 0) is 4.79 Å². The number of ether oxygens (including phenoxy) is 1. The Labute approximate surface area is 190 Å². The molecule has 6 nitrogen and oxygen atoms in total. The smallest absolute Gasteiger partial charge is 0.266 e. The number of amides is 3. The molecule has 4 rings (SSSR count). The van der Waals surface area contributed by atoms with E-state index >= 15 is 0 Å². The molecule has 3 aromatic carbocycles. The Bertz CT molecular complexity index is 1200. The first-order valence-electron chi connectivity index (χ1n) is 10.1. The van der Waals surface area contributed by atoms with Gasteiger partial charge in [-0.3, -0.25) is 14.4 Å². The molecular formula is C25H21ClN2O4. The van der Waals surface area contributed by atoms with E-state index in [2.05, 4.69) is 5.32 Å². The highest BCUT2D eigenvalue weighted by Gasteiger charge is 2.37. The van der Waals surface area contributed by atoms with Gasteiger partial charge in [0.05, 0.1) is 34.9 Å². The van der Waals surface area contributed by atoms with Crippen LogP contribution < -0.4 is 15.0 Å². The zero-order chi connectivity index (χ0) is 22.8. The molecule has 7 heteroatoms. The Morgan fingerprint density at radius 3 is 2.31 bits per heavy atom. The summed E-state index contributed by atoms with van der Waals surface area (Å²) in [6.45, 7) is 4.21. The van der Waals surface area contributed by atoms with Crippen LogP contribution in [0.25, 0.3) is 0 Å². The third-order valence-corrected chi connectivity index (χ3v) is 5.71. The minimum absolute atomic E-state index is 0.158. The summed E-state index contributed by atoms with van der Waals surface area (Å²) in [6, 6.07) is 17.1. The number of carbonyl (C=O) groups excluding carboxylic acids is 3. The van der Waals surface area contributed by atoms with Crippen LogP contribution in [0.2, 0.25) is 5.02 Å². The van der Waals surface area contributed by atoms with Crippen molar-refractivity contribution < 1.29 is 19.1 Å². The Hall–Kier alpha value is -3.64. The molecule has 3 aromatic rings. The van der Waals surface area contributed by atoms with Gasteiger partial charge in [0.15, 0.2) is 0 Å². The summed E-state index contributed by atoms with van der Waals surface area (Å²) in [5.41, 5.74) is 3.59. The molecule has 162 valence electrons. The van der Waals surface area contributed by atoms with Gasteiger partial charge in [0.1, 0.15) is 5.75 Å². The average Bonchev–Trinajstić information content (AvgIpc) is 3.02. The highest BCUT2D eigenvalue weighted by molar-refractivity contribution is 6.40. The van der Waals surface area contributed by atoms with E-state index in [1.54, 1.807) is 36.4 Å². The molecule has 1 N–H and O–H groups in total. The van der Waals surface area contributed by atoms with E-state index in [4.69, 9.17) is 16.3 Å². The van der Waals surface area contributed by atoms with Gasteiger partial charge in [-0.05, 0) is 61.4 Å². The first kappa shape index (κ1) is 21.6. The van der Waals surface area contributed by atoms with Gasteiger partial charge >= 0.3 is 0 Å². The van der Waals surface area contributed by atoms with E-state index < -0.39 is 11.8 Å². The Balaban J connectivity index is 1.39. The topological polar surface area (TPSA) is 75.7 Å². The number of nitrogens with one attached hydrogen (secondary N) is 1. The standard InChI is InChI=1S/C25H21ClN2O4/c1-15-6-5-9-22(16(15)2)32-13-12-23(29)27-17-10-11-21(20(26)14-17)28-24(30)18-7-3-4-8-19(18)25(28)31/h3-11,14H,12-13H2,1-2H3,(H,27,29). The lowest BCUT2D eigenvalue weighted by Gasteiger charge is -2.16. The number of aryl methyl sites for hydroxylation is 1. The molecule has 0 atom stereocenters. The number of fused-ring (bicyclic) bond motifs is 1. The molecule has 0 bridgehead atoms. The van der Waals surface area contributed by atoms with Crippen LogP contribution in [0.5, 0.6) is 5.75 Å². The molecule has 0 spiro atoms. The van der Waals surface area contributed by atoms with E-state index in [1.807, 2.05) is 32.0 Å². The van der Waals surface area contributed by atoms with Crippen molar-refractivity contribution in [2.75, 3.05) is 16.8 Å². The normalized spacial score (nSPS) is 12.7. The molecule has 32 heavy (non-hydrogen) atoms. The summed E-state index contributed by atoms with van der Waals surface area (Å²) >= 11 is 6.36. The Morgan fingerprint density at radius 1 is 0.969 bits per heavy atom. The first-order chi connectivity index (χ1) is 15.4. The van der Waals surface area contributed by atoms with Crippen LogP contribution in [0.1, 0.15) is 38.3 Å². The molecule has 1 aliphatic heterocycles. The number of anilines is 2. The number of carbonyl (C=O) groups is 3. The maximum Gasteiger partial charge on any atom is 0.266 e. The van der Waals surface area contributed by atoms with Crippen LogP contribution in [0, 0.1) is 13.8 Å². The van der Waals surface area contributed by atoms with Crippen molar-refractivity contribution in [2.24, 2.45) is 0 Å². The van der Waals surface area contributed by atoms with E-state index in [0.717, 1.165) is 21.8 Å². The van der Waals surface area contributed by atoms with Gasteiger partial charge in [-0.15, -0.1) is 0 Å². The van der Waals surface area contributed by atoms with Gasteiger partial charge in [-0.2, -0.15) is 0 Å². The lowest BCUT2D eigenvalue weighted by atomic mass is 10.1. The second-order valence-corrected chi connectivity index (χ2v) is 7.91. The molecular weight excluding hydrogens is 428 g/mol. The summed E-state index contributed by atoms with van der Waals surface area (Å²) in [7, 11) is 0. The number of hydrogen-bond acceptors (Lipinski definition) is 4. The fraction of sp³-hybridized carbons (Fsp3) is 0.160. The van der Waals surface area contributed by atoms with Crippen molar-refractivity contribution in [3.05, 3.63) is 87.9 Å². The SMILES string of the molecule is Cc1cccc(OCCC(=O)Nc2ccc(N3C(=O)c4ccccc4C3=O)c(Cl)c2)c1C. The van der Waals surface area contributed by atoms with Gasteiger partial charge < -0.3 is 10.1 Å². The minimum atomic E-state index is -0.423. The number of imide groups is 1. The van der Waals surface area contributed by atoms with Crippen molar-refractivity contribution in [1.29, 1.82) is 0 Å². The lowest BCUT2D eigenvalue weighted by Crippen LogP contribution is -2.29. The van der Waals surface area contributed by atoms with E-state index in [1.165, 1.54) is 6.07 Å². The van der Waals surface area contributed by atoms with Crippen LogP contribution in [-0.4, -0.2) is 24.3 Å². The number of halogens is 1. The predicted molar refractivity (Wildman–Crippen MR) is 124 cm³/mol. The van der Waals surface area contributed by atoms with Crippen LogP contribution in [0.4, 0.5) is 11.4 Å². The van der Waals surface area contributed by atoms with Crippen molar-refractivity contribution in [3.8, 4) is 5.75 Å². The third-order valence-electron chi connectivity index (χ3n) is 5.41. The van der Waals surface area contributed by atoms with Crippen molar-refractivity contribution in [2.45, 2.75) is 20.3 Å². The molecule has 0 saturated carbocycles. The summed E-state index contributed by atoms with van der Waals surface area (Å²) in [5, 5.41) is 2.94. The number of nitrogens with zero attached hydrogens (tertiary/aromatic N) is 1. The van der Waals surface area contributed by atoms with Gasteiger partial charge in [0.25, 0.3) is 11.8 Å². The molecule has 0 saturated heterocycles. The molecule has 1 heterocycles. The quantitative estimate of drug-likeness (QED) is 0.528. The van der Waals surface area contributed by atoms with Gasteiger partial charge in [-0.25, -0.2) is 4.90 Å². The largest absolute Gasteiger partial charge is 0.493 e. The third kappa shape index (κ3) is 4.09. The predicted octanol–water partition coefficient (Wildman–Crippen LogP) is 5.17. The number of rotatable bonds is 6. The number of hydrogen-bond donors (Lipinski definition) is 1. The van der Waals surface area contributed by atoms with Crippen LogP contribution in [0.3, 0.4) is 0 Å². The number of benzene rings is 3. The Morgan fingerprint density at radius 2 is 1.66 bits per heavy atom. The lowest BCUT2D eigenvalue weighted by molar-refractivity contribution is -0.116. The fourth-order valence-corrected chi connectivity index (χ4v) is 3.80. The second kappa shape index (κ2) is 8.85. The molecule has 1 aliphatic rings. The van der Waals surface area contributed by atoms with E-state index in [-0.39, 0.29) is 29.6 Å². The zero-order valence-electron chi connectivity index (χ0n) is 17.6. The van der Waals surface area contributed by atoms with Crippen LogP contribution in [0.15, 0.2) is 60.7 Å². The minimum Gasteiger partial charge on any atom is -0.493 e. The molecule has 0 radical (unpaired) electrons. The fourth-order valence-electron chi connectivity index (χ4n) is 3.53. The summed E-state index contributed by atoms with van der Waals surface area (Å²) in [4.78, 5) is 38.7. The molecule has 0 fully saturated rings. The summed E-state index contributed by atoms with van der Waals surface area (Å²) in [6.07, 6.45) is 0.158. The van der Waals surface area contributed by atoms with Crippen molar-refractivity contribution in [1.82, 2.24) is 0 Å². The van der Waals surface area contributed by atoms with Crippen LogP contribution >= 0.6 is 11.6 Å². The molecule has 0 unspecified atom stereocenters. The second-order valence-electron chi connectivity index (χ2n) is 7.50. The molecule has 0 aliphatic carbocycles. The maximum absolute atomic E-state index is 12.7. The highest BCUT2D eigenvalue weighted by Crippen LogP contribution is 2.34. The van der Waals surface area contributed by atoms with Gasteiger partial charge in [-0.1, -0.05) is 35.9 Å². The average molecular weight is 449 g/mol. The first-order valence-corrected chi connectivity index (χ1v) is 10.5. The maximum atomic E-state index is 12.7. The van der Waals surface area contributed by atoms with Crippen molar-refractivity contribution >= 4 is 40.7 Å². The van der Waals surface area contributed by atoms with E-state index in [0.29, 0.717) is 16.8 Å². The molecule has 0 aromatic heterocycles. The van der Waals surface area contributed by atoms with Gasteiger partial charge in [0, 0.05) is 5.69 Å². The monoisotopic (exact) mass is 448 g/mol. The molecule has 3 amide bonds. The van der Waals surface area contributed by atoms with E-state index in [9.17, 15) is 14.4 Å². The summed E-state index contributed by atoms with van der Waals surface area (Å²) < 4.78 is 5.72. The summed E-state index contributed by atoms with van der Waals surface area (Å²) in [5.74, 6) is -0.327. The Kier molecular flexibility index (Phi) is 5.97. The van der Waals surface area contributed by atoms with Crippen molar-refractivity contribution in [3.63, 3.8) is 0 Å².